The van der Waals surface area contributed by atoms with Crippen molar-refractivity contribution in [3.8, 4) is 0 Å². The van der Waals surface area contributed by atoms with Gasteiger partial charge in [-0.1, -0.05) is 12.8 Å². The minimum atomic E-state index is -4.49. The molecule has 1 aromatic rings. The Hall–Kier alpha value is -1.76. The third-order valence-electron chi connectivity index (χ3n) is 3.28. The molecule has 1 aromatic carbocycles. The predicted molar refractivity (Wildman–Crippen MR) is 68.9 cm³/mol. The van der Waals surface area contributed by atoms with Gasteiger partial charge in [0.1, 0.15) is 0 Å². The first-order chi connectivity index (χ1) is 9.41. The summed E-state index contributed by atoms with van der Waals surface area (Å²) in [6.07, 6.45) is -1.31. The van der Waals surface area contributed by atoms with Gasteiger partial charge in [0.15, 0.2) is 0 Å². The molecule has 0 radical (unpaired) electrons. The smallest absolute Gasteiger partial charge is 0.352 e. The van der Waals surface area contributed by atoms with Crippen LogP contribution < -0.4 is 16.6 Å². The van der Waals surface area contributed by atoms with Crippen LogP contribution in [0.15, 0.2) is 18.2 Å². The quantitative estimate of drug-likeness (QED) is 0.576. The van der Waals surface area contributed by atoms with Crippen LogP contribution in [-0.4, -0.2) is 12.5 Å². The lowest BCUT2D eigenvalue weighted by molar-refractivity contribution is -0.137. The Morgan fingerprint density at radius 1 is 1.35 bits per heavy atom. The molecule has 1 saturated carbocycles. The van der Waals surface area contributed by atoms with Crippen molar-refractivity contribution in [3.05, 3.63) is 29.3 Å². The summed E-state index contributed by atoms with van der Waals surface area (Å²) >= 11 is 0. The van der Waals surface area contributed by atoms with Crippen LogP contribution in [0, 0.1) is 5.92 Å². The molecular formula is C13H16F3N3O. The molecular weight excluding hydrogens is 271 g/mol. The molecule has 20 heavy (non-hydrogen) atoms. The van der Waals surface area contributed by atoms with Crippen molar-refractivity contribution in [2.24, 2.45) is 11.8 Å². The number of carbonyl (C=O) groups excluding carboxylic acids is 1. The van der Waals surface area contributed by atoms with Gasteiger partial charge >= 0.3 is 6.18 Å². The van der Waals surface area contributed by atoms with Gasteiger partial charge in [-0.15, -0.1) is 0 Å². The van der Waals surface area contributed by atoms with E-state index in [1.807, 2.05) is 0 Å². The van der Waals surface area contributed by atoms with Crippen molar-refractivity contribution in [2.75, 3.05) is 12.0 Å². The first-order valence-corrected chi connectivity index (χ1v) is 6.38. The predicted octanol–water partition coefficient (Wildman–Crippen LogP) is 2.52. The minimum Gasteiger partial charge on any atom is -0.352 e. The first-order valence-electron chi connectivity index (χ1n) is 6.38. The van der Waals surface area contributed by atoms with E-state index in [2.05, 4.69) is 10.7 Å². The summed E-state index contributed by atoms with van der Waals surface area (Å²) in [6.45, 7) is 0.462. The molecule has 0 aromatic heterocycles. The molecule has 4 N–H and O–H groups in total. The second-order valence-corrected chi connectivity index (χ2v) is 4.89. The summed E-state index contributed by atoms with van der Waals surface area (Å²) in [5.74, 6) is 5.31. The number of nitrogens with two attached hydrogens (primary N) is 1. The molecule has 7 heteroatoms. The molecule has 0 aliphatic heterocycles. The van der Waals surface area contributed by atoms with Gasteiger partial charge in [0.25, 0.3) is 5.91 Å². The molecule has 1 amide bonds. The van der Waals surface area contributed by atoms with Crippen molar-refractivity contribution in [1.29, 1.82) is 0 Å². The number of carbonyl (C=O) groups is 1. The number of hydrogen-bond acceptors (Lipinski definition) is 3. The van der Waals surface area contributed by atoms with Gasteiger partial charge in [0.2, 0.25) is 0 Å². The van der Waals surface area contributed by atoms with Crippen LogP contribution in [0.5, 0.6) is 0 Å². The monoisotopic (exact) mass is 287 g/mol. The van der Waals surface area contributed by atoms with E-state index in [1.165, 1.54) is 0 Å². The molecule has 1 aliphatic rings. The van der Waals surface area contributed by atoms with Crippen LogP contribution in [0.3, 0.4) is 0 Å². The summed E-state index contributed by atoms with van der Waals surface area (Å²) in [5.41, 5.74) is 1.44. The van der Waals surface area contributed by atoms with Crippen molar-refractivity contribution in [3.63, 3.8) is 0 Å². The Balaban J connectivity index is 2.11. The highest BCUT2D eigenvalue weighted by atomic mass is 19.4. The standard InChI is InChI=1S/C13H16F3N3O/c14-13(15,16)9-3-4-11(19-17)10(7-9)12(20)18-6-5-8-1-2-8/h3-4,7-8,19H,1-2,5-6,17H2,(H,18,20). The highest BCUT2D eigenvalue weighted by Crippen LogP contribution is 2.32. The van der Waals surface area contributed by atoms with Gasteiger partial charge in [0.05, 0.1) is 16.8 Å². The summed E-state index contributed by atoms with van der Waals surface area (Å²) in [6, 6.07) is 2.84. The zero-order valence-corrected chi connectivity index (χ0v) is 10.8. The molecule has 2 rings (SSSR count). The highest BCUT2D eigenvalue weighted by molar-refractivity contribution is 5.99. The number of benzene rings is 1. The van der Waals surface area contributed by atoms with E-state index in [0.717, 1.165) is 37.5 Å². The van der Waals surface area contributed by atoms with Gasteiger partial charge in [-0.3, -0.25) is 10.6 Å². The maximum Gasteiger partial charge on any atom is 0.416 e. The van der Waals surface area contributed by atoms with Crippen molar-refractivity contribution >= 4 is 11.6 Å². The lowest BCUT2D eigenvalue weighted by Crippen LogP contribution is -2.27. The second-order valence-electron chi connectivity index (χ2n) is 4.89. The number of rotatable bonds is 5. The van der Waals surface area contributed by atoms with Crippen LogP contribution in [0.4, 0.5) is 18.9 Å². The van der Waals surface area contributed by atoms with Crippen molar-refractivity contribution in [1.82, 2.24) is 5.32 Å². The number of amides is 1. The van der Waals surface area contributed by atoms with Crippen LogP contribution >= 0.6 is 0 Å². The third-order valence-corrected chi connectivity index (χ3v) is 3.28. The maximum absolute atomic E-state index is 12.6. The van der Waals surface area contributed by atoms with Crippen LogP contribution in [0.25, 0.3) is 0 Å². The zero-order chi connectivity index (χ0) is 14.8. The van der Waals surface area contributed by atoms with Crippen molar-refractivity contribution < 1.29 is 18.0 Å². The molecule has 0 bridgehead atoms. The van der Waals surface area contributed by atoms with E-state index < -0.39 is 17.6 Å². The van der Waals surface area contributed by atoms with E-state index in [-0.39, 0.29) is 11.3 Å². The highest BCUT2D eigenvalue weighted by Gasteiger charge is 2.31. The Kier molecular flexibility index (Phi) is 4.17. The summed E-state index contributed by atoms with van der Waals surface area (Å²) in [7, 11) is 0. The average molecular weight is 287 g/mol. The normalized spacial score (nSPS) is 15.0. The number of nitrogens with one attached hydrogen (secondary N) is 2. The number of hydrogen-bond donors (Lipinski definition) is 3. The fourth-order valence-electron chi connectivity index (χ4n) is 1.93. The maximum atomic E-state index is 12.6. The van der Waals surface area contributed by atoms with Gasteiger partial charge in [-0.2, -0.15) is 13.2 Å². The molecule has 0 heterocycles. The molecule has 0 unspecified atom stereocenters. The van der Waals surface area contributed by atoms with Crippen molar-refractivity contribution in [2.45, 2.75) is 25.4 Å². The number of anilines is 1. The largest absolute Gasteiger partial charge is 0.416 e. The lowest BCUT2D eigenvalue weighted by atomic mass is 10.1. The Morgan fingerprint density at radius 2 is 2.05 bits per heavy atom. The first kappa shape index (κ1) is 14.6. The summed E-state index contributed by atoms with van der Waals surface area (Å²) in [4.78, 5) is 11.9. The Labute approximate surface area is 114 Å². The third kappa shape index (κ3) is 3.63. The number of nitrogen functional groups attached to an aromatic ring is 1. The molecule has 1 fully saturated rings. The molecule has 1 aliphatic carbocycles. The van der Waals surface area contributed by atoms with Crippen LogP contribution in [0.2, 0.25) is 0 Å². The lowest BCUT2D eigenvalue weighted by Gasteiger charge is -2.13. The molecule has 0 atom stereocenters. The van der Waals surface area contributed by atoms with E-state index in [4.69, 9.17) is 5.84 Å². The van der Waals surface area contributed by atoms with Crippen LogP contribution in [-0.2, 0) is 6.18 Å². The zero-order valence-electron chi connectivity index (χ0n) is 10.8. The molecule has 0 saturated heterocycles. The minimum absolute atomic E-state index is 0.0990. The Bertz CT molecular complexity index is 498. The van der Waals surface area contributed by atoms with E-state index in [1.54, 1.807) is 0 Å². The molecule has 110 valence electrons. The molecule has 4 nitrogen and oxygen atoms in total. The van der Waals surface area contributed by atoms with Gasteiger partial charge in [0, 0.05) is 6.54 Å². The number of hydrazine groups is 1. The fourth-order valence-corrected chi connectivity index (χ4v) is 1.93. The van der Waals surface area contributed by atoms with E-state index in [9.17, 15) is 18.0 Å². The van der Waals surface area contributed by atoms with Gasteiger partial charge < -0.3 is 10.7 Å². The van der Waals surface area contributed by atoms with Gasteiger partial charge in [-0.25, -0.2) is 0 Å². The SMILES string of the molecule is NNc1ccc(C(F)(F)F)cc1C(=O)NCCC1CC1. The average Bonchev–Trinajstić information content (AvgIpc) is 3.21. The van der Waals surface area contributed by atoms with E-state index in [0.29, 0.717) is 12.5 Å². The second kappa shape index (κ2) is 5.70. The number of halogens is 3. The fraction of sp³-hybridized carbons (Fsp3) is 0.462. The van der Waals surface area contributed by atoms with Gasteiger partial charge in [-0.05, 0) is 30.5 Å². The van der Waals surface area contributed by atoms with E-state index >= 15 is 0 Å². The number of alkyl halides is 3. The molecule has 0 spiro atoms. The van der Waals surface area contributed by atoms with Crippen LogP contribution in [0.1, 0.15) is 35.2 Å². The Morgan fingerprint density at radius 3 is 2.60 bits per heavy atom. The summed E-state index contributed by atoms with van der Waals surface area (Å²) < 4.78 is 37.9. The summed E-state index contributed by atoms with van der Waals surface area (Å²) in [5, 5.41) is 2.62. The topological polar surface area (TPSA) is 67.1 Å².